The van der Waals surface area contributed by atoms with Gasteiger partial charge in [-0.1, -0.05) is 51.5 Å². The smallest absolute Gasteiger partial charge is 0.278 e. The van der Waals surface area contributed by atoms with Gasteiger partial charge in [-0.05, 0) is 24.5 Å². The maximum atomic E-state index is 12.2. The fourth-order valence-corrected chi connectivity index (χ4v) is 2.18. The second-order valence-electron chi connectivity index (χ2n) is 4.66. The second kappa shape index (κ2) is 11.5. The van der Waals surface area contributed by atoms with Gasteiger partial charge in [-0.15, -0.1) is 0 Å². The molecule has 23 heavy (non-hydrogen) atoms. The molecule has 2 aromatic rings. The Kier molecular flexibility index (Phi) is 12.2. The summed E-state index contributed by atoms with van der Waals surface area (Å²) in [7, 11) is 1.61. The van der Waals surface area contributed by atoms with Gasteiger partial charge in [0, 0.05) is 39.8 Å². The van der Waals surface area contributed by atoms with Gasteiger partial charge in [0.15, 0.2) is 5.75 Å². The Bertz CT molecular complexity index is 667. The van der Waals surface area contributed by atoms with Gasteiger partial charge in [-0.25, -0.2) is 4.68 Å². The first-order valence-corrected chi connectivity index (χ1v) is 7.41. The first-order chi connectivity index (χ1) is 10.1. The van der Waals surface area contributed by atoms with Crippen LogP contribution in [-0.2, 0) is 46.2 Å². The quantitative estimate of drug-likeness (QED) is 0.807. The molecule has 1 N–H and O–H groups in total. The van der Waals surface area contributed by atoms with Crippen LogP contribution in [0.4, 0.5) is 0 Å². The minimum Gasteiger partial charge on any atom is -0.505 e. The molecule has 1 aromatic carbocycles. The Labute approximate surface area is 164 Å². The van der Waals surface area contributed by atoms with Crippen molar-refractivity contribution in [3.05, 3.63) is 53.3 Å². The van der Waals surface area contributed by atoms with E-state index in [1.807, 2.05) is 52.0 Å². The average molecular weight is 392 g/mol. The van der Waals surface area contributed by atoms with Gasteiger partial charge < -0.3 is 12.5 Å². The largest absolute Gasteiger partial charge is 0.505 e. The molecule has 0 bridgehead atoms. The van der Waals surface area contributed by atoms with E-state index in [0.717, 1.165) is 17.5 Å². The van der Waals surface area contributed by atoms with E-state index < -0.39 is 0 Å². The number of nitrogens with zero attached hydrogens (tertiary/aromatic N) is 2. The van der Waals surface area contributed by atoms with Crippen LogP contribution >= 0.6 is 0 Å². The van der Waals surface area contributed by atoms with Crippen molar-refractivity contribution in [2.24, 2.45) is 7.05 Å². The molecule has 5 heteroatoms. The van der Waals surface area contributed by atoms with Crippen molar-refractivity contribution in [3.63, 3.8) is 0 Å². The number of aromatic nitrogens is 2. The first-order valence-electron chi connectivity index (χ1n) is 7.41. The van der Waals surface area contributed by atoms with Crippen LogP contribution in [0.15, 0.2) is 29.1 Å². The third-order valence-corrected chi connectivity index (χ3v) is 3.19. The van der Waals surface area contributed by atoms with Crippen molar-refractivity contribution >= 4 is 0 Å². The second-order valence-corrected chi connectivity index (χ2v) is 4.66. The Morgan fingerprint density at radius 1 is 1.22 bits per heavy atom. The van der Waals surface area contributed by atoms with Crippen molar-refractivity contribution in [3.8, 4) is 16.9 Å². The summed E-state index contributed by atoms with van der Waals surface area (Å²) in [5.41, 5.74) is 2.37. The molecule has 0 aliphatic carbocycles. The van der Waals surface area contributed by atoms with Gasteiger partial charge in [-0.2, -0.15) is 5.10 Å². The molecule has 1 aromatic heterocycles. The number of hydrogen-bond donors (Lipinski definition) is 1. The van der Waals surface area contributed by atoms with Crippen LogP contribution in [0.25, 0.3) is 11.1 Å². The Morgan fingerprint density at radius 3 is 2.30 bits per heavy atom. The molecule has 0 saturated carbocycles. The maximum absolute atomic E-state index is 12.2. The van der Waals surface area contributed by atoms with Crippen molar-refractivity contribution in [2.45, 2.75) is 40.5 Å². The third kappa shape index (κ3) is 5.54. The zero-order valence-corrected chi connectivity index (χ0v) is 17.9. The van der Waals surface area contributed by atoms with Crippen LogP contribution in [-0.4, -0.2) is 14.9 Å². The molecule has 0 spiro atoms. The molecule has 0 fully saturated rings. The molecule has 0 saturated heterocycles. The Hall–Kier alpha value is -0.996. The minimum absolute atomic E-state index is 0. The van der Waals surface area contributed by atoms with Crippen LogP contribution in [0.5, 0.6) is 5.75 Å². The third-order valence-electron chi connectivity index (χ3n) is 3.19. The number of aromatic hydroxyl groups is 1. The van der Waals surface area contributed by atoms with E-state index >= 15 is 0 Å². The number of benzene rings is 1. The molecule has 0 atom stereocenters. The summed E-state index contributed by atoms with van der Waals surface area (Å²) in [6.07, 6.45) is 1.52. The molecule has 4 nitrogen and oxygen atoms in total. The summed E-state index contributed by atoms with van der Waals surface area (Å²) in [6, 6.07) is 7.55. The summed E-state index contributed by atoms with van der Waals surface area (Å²) in [6.45, 7) is 7.94. The van der Waals surface area contributed by atoms with Crippen LogP contribution < -0.4 is 5.56 Å². The van der Waals surface area contributed by atoms with Gasteiger partial charge in [-0.3, -0.25) is 4.79 Å². The van der Waals surface area contributed by atoms with E-state index in [0.29, 0.717) is 17.7 Å². The Balaban J connectivity index is 0. The molecule has 0 amide bonds. The van der Waals surface area contributed by atoms with Crippen molar-refractivity contribution in [1.29, 1.82) is 0 Å². The molecule has 0 aliphatic rings. The molecule has 0 aliphatic heterocycles. The number of aryl methyl sites for hydroxylation is 3. The SMILES string of the molecule is CC.CCCc1nn(C)c(=O)c(-c2ccccc2C)c1O.[CH3-].[Y]. The monoisotopic (exact) mass is 392 g/mol. The molecular formula is C18H27N2O2Y-. The van der Waals surface area contributed by atoms with Gasteiger partial charge in [0.2, 0.25) is 0 Å². The fraction of sp³-hybridized carbons (Fsp3) is 0.389. The van der Waals surface area contributed by atoms with Crippen LogP contribution in [0.1, 0.15) is 38.4 Å². The molecule has 2 rings (SSSR count). The van der Waals surface area contributed by atoms with Crippen LogP contribution in [0.2, 0.25) is 0 Å². The molecule has 0 unspecified atom stereocenters. The summed E-state index contributed by atoms with van der Waals surface area (Å²) in [5.74, 6) is 0.0132. The minimum atomic E-state index is -0.272. The zero-order valence-electron chi connectivity index (χ0n) is 15.1. The summed E-state index contributed by atoms with van der Waals surface area (Å²) < 4.78 is 1.30. The van der Waals surface area contributed by atoms with E-state index in [2.05, 4.69) is 5.10 Å². The Morgan fingerprint density at radius 2 is 1.78 bits per heavy atom. The van der Waals surface area contributed by atoms with E-state index in [9.17, 15) is 9.90 Å². The predicted molar refractivity (Wildman–Crippen MR) is 93.1 cm³/mol. The molecular weight excluding hydrogens is 365 g/mol. The van der Waals surface area contributed by atoms with E-state index in [1.165, 1.54) is 4.68 Å². The van der Waals surface area contributed by atoms with E-state index in [4.69, 9.17) is 0 Å². The normalized spacial score (nSPS) is 9.09. The summed E-state index contributed by atoms with van der Waals surface area (Å²) in [5, 5.41) is 14.5. The van der Waals surface area contributed by atoms with Gasteiger partial charge in [0.1, 0.15) is 5.69 Å². The van der Waals surface area contributed by atoms with Gasteiger partial charge in [0.25, 0.3) is 5.56 Å². The van der Waals surface area contributed by atoms with E-state index in [-0.39, 0.29) is 51.4 Å². The van der Waals surface area contributed by atoms with Gasteiger partial charge >= 0.3 is 0 Å². The fourth-order valence-electron chi connectivity index (χ4n) is 2.18. The average Bonchev–Trinajstić information content (AvgIpc) is 2.49. The predicted octanol–water partition coefficient (Wildman–Crippen LogP) is 3.89. The van der Waals surface area contributed by atoms with Crippen LogP contribution in [0.3, 0.4) is 0 Å². The van der Waals surface area contributed by atoms with Crippen molar-refractivity contribution in [2.75, 3.05) is 0 Å². The molecule has 1 radical (unpaired) electrons. The zero-order chi connectivity index (χ0) is 16.0. The topological polar surface area (TPSA) is 55.1 Å². The standard InChI is InChI=1S/C15H18N2O2.C2H6.CH3.Y/c1-4-7-12-14(18)13(15(19)17(3)16-12)11-9-6-5-8-10(11)2;1-2;;/h5-6,8-9,18H,4,7H2,1-3H3;1-2H3;1H3;/q;;-1;. The van der Waals surface area contributed by atoms with Crippen molar-refractivity contribution < 1.29 is 37.8 Å². The van der Waals surface area contributed by atoms with Crippen molar-refractivity contribution in [1.82, 2.24) is 9.78 Å². The first kappa shape index (κ1) is 24.3. The van der Waals surface area contributed by atoms with E-state index in [1.54, 1.807) is 7.05 Å². The van der Waals surface area contributed by atoms with Crippen LogP contribution in [0, 0.1) is 14.4 Å². The number of rotatable bonds is 3. The maximum Gasteiger partial charge on any atom is 0.278 e. The molecule has 1 heterocycles. The summed E-state index contributed by atoms with van der Waals surface area (Å²) in [4.78, 5) is 12.2. The van der Waals surface area contributed by atoms with Gasteiger partial charge in [0.05, 0.1) is 5.56 Å². The summed E-state index contributed by atoms with van der Waals surface area (Å²) >= 11 is 0. The number of hydrogen-bond acceptors (Lipinski definition) is 3. The molecule has 125 valence electrons.